The fraction of sp³-hybridized carbons (Fsp3) is 0.800. The summed E-state index contributed by atoms with van der Waals surface area (Å²) in [5, 5.41) is 2.50. The molecule has 1 N–H and O–H groups in total. The Bertz CT molecular complexity index is 237. The summed E-state index contributed by atoms with van der Waals surface area (Å²) < 4.78 is 4.70. The Morgan fingerprint density at radius 2 is 2.07 bits per heavy atom. The van der Waals surface area contributed by atoms with E-state index >= 15 is 0 Å². The molecule has 0 aromatic rings. The molecule has 1 rings (SSSR count). The predicted octanol–water partition coefficient (Wildman–Crippen LogP) is 0.743. The third kappa shape index (κ3) is 3.11. The van der Waals surface area contributed by atoms with Gasteiger partial charge in [-0.25, -0.2) is 4.79 Å². The molecule has 0 radical (unpaired) electrons. The summed E-state index contributed by atoms with van der Waals surface area (Å²) in [5.41, 5.74) is 0. The second kappa shape index (κ2) is 5.58. The van der Waals surface area contributed by atoms with Crippen LogP contribution in [-0.4, -0.2) is 42.6 Å². The minimum atomic E-state index is -0.499. The van der Waals surface area contributed by atoms with E-state index in [9.17, 15) is 9.59 Å². The smallest absolute Gasteiger partial charge is 0.407 e. The number of ether oxygens (including phenoxy) is 1. The quantitative estimate of drug-likeness (QED) is 0.734. The average molecular weight is 214 g/mol. The van der Waals surface area contributed by atoms with Gasteiger partial charge in [0.2, 0.25) is 5.91 Å². The Hall–Kier alpha value is -1.26. The molecule has 1 saturated heterocycles. The molecule has 0 bridgehead atoms. The first-order valence-electron chi connectivity index (χ1n) is 5.41. The van der Waals surface area contributed by atoms with Gasteiger partial charge in [0.15, 0.2) is 0 Å². The van der Waals surface area contributed by atoms with Crippen LogP contribution < -0.4 is 5.32 Å². The van der Waals surface area contributed by atoms with Crippen LogP contribution in [0.3, 0.4) is 0 Å². The highest BCUT2D eigenvalue weighted by atomic mass is 16.6. The Balaban J connectivity index is 2.51. The van der Waals surface area contributed by atoms with E-state index in [0.717, 1.165) is 25.9 Å². The summed E-state index contributed by atoms with van der Waals surface area (Å²) in [4.78, 5) is 24.5. The van der Waals surface area contributed by atoms with E-state index in [-0.39, 0.29) is 12.5 Å². The molecule has 5 nitrogen and oxygen atoms in total. The number of cyclic esters (lactones) is 1. The largest absolute Gasteiger partial charge is 0.447 e. The molecule has 0 aromatic heterocycles. The highest BCUT2D eigenvalue weighted by Crippen LogP contribution is 2.04. The van der Waals surface area contributed by atoms with Crippen LogP contribution >= 0.6 is 0 Å². The van der Waals surface area contributed by atoms with Crippen LogP contribution in [0, 0.1) is 0 Å². The van der Waals surface area contributed by atoms with Crippen LogP contribution in [0.5, 0.6) is 0 Å². The molecule has 0 aliphatic carbocycles. The Labute approximate surface area is 89.8 Å². The Morgan fingerprint density at radius 3 is 2.47 bits per heavy atom. The van der Waals surface area contributed by atoms with Gasteiger partial charge in [-0.2, -0.15) is 0 Å². The lowest BCUT2D eigenvalue weighted by atomic mass is 10.2. The maximum atomic E-state index is 11.9. The molecule has 1 aliphatic heterocycles. The van der Waals surface area contributed by atoms with Gasteiger partial charge in [-0.1, -0.05) is 13.8 Å². The molecule has 2 amide bonds. The summed E-state index contributed by atoms with van der Waals surface area (Å²) in [6, 6.07) is -0.490. The topological polar surface area (TPSA) is 58.6 Å². The maximum absolute atomic E-state index is 11.9. The first-order chi connectivity index (χ1) is 7.19. The third-order valence-corrected chi connectivity index (χ3v) is 2.27. The molecular formula is C10H18N2O3. The summed E-state index contributed by atoms with van der Waals surface area (Å²) in [7, 11) is 0. The Kier molecular flexibility index (Phi) is 4.39. The summed E-state index contributed by atoms with van der Waals surface area (Å²) in [5.74, 6) is -0.0375. The van der Waals surface area contributed by atoms with Crippen molar-refractivity contribution < 1.29 is 14.3 Å². The lowest BCUT2D eigenvalue weighted by Gasteiger charge is -2.23. The van der Waals surface area contributed by atoms with E-state index in [2.05, 4.69) is 5.32 Å². The van der Waals surface area contributed by atoms with Gasteiger partial charge in [0.25, 0.3) is 0 Å². The van der Waals surface area contributed by atoms with E-state index in [0.29, 0.717) is 0 Å². The Morgan fingerprint density at radius 1 is 1.47 bits per heavy atom. The van der Waals surface area contributed by atoms with Crippen molar-refractivity contribution in [1.29, 1.82) is 0 Å². The SMILES string of the molecule is CCCN(CCC)C(=O)C1COC(=O)N1. The second-order valence-electron chi connectivity index (χ2n) is 3.62. The van der Waals surface area contributed by atoms with Crippen molar-refractivity contribution in [1.82, 2.24) is 10.2 Å². The molecule has 1 atom stereocenters. The number of hydrogen-bond acceptors (Lipinski definition) is 3. The minimum Gasteiger partial charge on any atom is -0.447 e. The molecule has 0 aromatic carbocycles. The zero-order valence-corrected chi connectivity index (χ0v) is 9.28. The van der Waals surface area contributed by atoms with Crippen molar-refractivity contribution in [3.05, 3.63) is 0 Å². The number of amides is 2. The molecular weight excluding hydrogens is 196 g/mol. The average Bonchev–Trinajstić information content (AvgIpc) is 2.63. The van der Waals surface area contributed by atoms with Crippen molar-refractivity contribution >= 4 is 12.0 Å². The lowest BCUT2D eigenvalue weighted by Crippen LogP contribution is -2.46. The van der Waals surface area contributed by atoms with Crippen molar-refractivity contribution in [3.63, 3.8) is 0 Å². The van der Waals surface area contributed by atoms with E-state index < -0.39 is 12.1 Å². The van der Waals surface area contributed by atoms with Gasteiger partial charge in [0, 0.05) is 13.1 Å². The molecule has 1 fully saturated rings. The fourth-order valence-electron chi connectivity index (χ4n) is 1.61. The van der Waals surface area contributed by atoms with Gasteiger partial charge < -0.3 is 15.0 Å². The molecule has 0 spiro atoms. The number of alkyl carbamates (subject to hydrolysis) is 1. The number of carbonyl (C=O) groups excluding carboxylic acids is 2. The van der Waals surface area contributed by atoms with E-state index in [1.165, 1.54) is 0 Å². The summed E-state index contributed by atoms with van der Waals surface area (Å²) >= 11 is 0. The predicted molar refractivity (Wildman–Crippen MR) is 55.4 cm³/mol. The first kappa shape index (κ1) is 11.8. The summed E-state index contributed by atoms with van der Waals surface area (Å²) in [6.45, 7) is 5.68. The number of nitrogens with zero attached hydrogens (tertiary/aromatic N) is 1. The van der Waals surface area contributed by atoms with Crippen molar-refractivity contribution in [2.45, 2.75) is 32.7 Å². The summed E-state index contributed by atoms with van der Waals surface area (Å²) in [6.07, 6.45) is 1.35. The van der Waals surface area contributed by atoms with Crippen molar-refractivity contribution in [2.24, 2.45) is 0 Å². The van der Waals surface area contributed by atoms with Crippen molar-refractivity contribution in [3.8, 4) is 0 Å². The molecule has 5 heteroatoms. The molecule has 1 unspecified atom stereocenters. The zero-order valence-electron chi connectivity index (χ0n) is 9.28. The number of nitrogens with one attached hydrogen (secondary N) is 1. The van der Waals surface area contributed by atoms with Crippen molar-refractivity contribution in [2.75, 3.05) is 19.7 Å². The zero-order chi connectivity index (χ0) is 11.3. The molecule has 1 aliphatic rings. The van der Waals surface area contributed by atoms with E-state index in [1.807, 2.05) is 13.8 Å². The van der Waals surface area contributed by atoms with E-state index in [1.54, 1.807) is 4.90 Å². The second-order valence-corrected chi connectivity index (χ2v) is 3.62. The number of hydrogen-bond donors (Lipinski definition) is 1. The molecule has 15 heavy (non-hydrogen) atoms. The van der Waals surface area contributed by atoms with Gasteiger partial charge in [0.05, 0.1) is 0 Å². The lowest BCUT2D eigenvalue weighted by molar-refractivity contribution is -0.133. The molecule has 86 valence electrons. The van der Waals surface area contributed by atoms with Crippen LogP contribution in [0.25, 0.3) is 0 Å². The standard InChI is InChI=1S/C10H18N2O3/c1-3-5-12(6-4-2)9(13)8-7-15-10(14)11-8/h8H,3-7H2,1-2H3,(H,11,14). The molecule has 0 saturated carbocycles. The minimum absolute atomic E-state index is 0.0375. The molecule has 1 heterocycles. The van der Waals surface area contributed by atoms with Crippen LogP contribution in [0.2, 0.25) is 0 Å². The fourth-order valence-corrected chi connectivity index (χ4v) is 1.61. The van der Waals surface area contributed by atoms with Gasteiger partial charge in [-0.3, -0.25) is 4.79 Å². The maximum Gasteiger partial charge on any atom is 0.407 e. The van der Waals surface area contributed by atoms with Gasteiger partial charge in [0.1, 0.15) is 12.6 Å². The van der Waals surface area contributed by atoms with Gasteiger partial charge >= 0.3 is 6.09 Å². The van der Waals surface area contributed by atoms with Crippen LogP contribution in [-0.2, 0) is 9.53 Å². The normalized spacial score (nSPS) is 19.6. The number of rotatable bonds is 5. The van der Waals surface area contributed by atoms with Gasteiger partial charge in [-0.05, 0) is 12.8 Å². The third-order valence-electron chi connectivity index (χ3n) is 2.27. The van der Waals surface area contributed by atoms with Crippen LogP contribution in [0.1, 0.15) is 26.7 Å². The number of carbonyl (C=O) groups is 2. The van der Waals surface area contributed by atoms with Gasteiger partial charge in [-0.15, -0.1) is 0 Å². The van der Waals surface area contributed by atoms with E-state index in [4.69, 9.17) is 4.74 Å². The van der Waals surface area contributed by atoms with Crippen LogP contribution in [0.4, 0.5) is 4.79 Å². The first-order valence-corrected chi connectivity index (χ1v) is 5.41. The highest BCUT2D eigenvalue weighted by molar-refractivity contribution is 5.87. The monoisotopic (exact) mass is 214 g/mol. The van der Waals surface area contributed by atoms with Crippen LogP contribution in [0.15, 0.2) is 0 Å². The highest BCUT2D eigenvalue weighted by Gasteiger charge is 2.31.